The molecule has 100 valence electrons. The average molecular weight is 281 g/mol. The summed E-state index contributed by atoms with van der Waals surface area (Å²) < 4.78 is 9.99. The predicted molar refractivity (Wildman–Crippen MR) is 69.8 cm³/mol. The Hall–Kier alpha value is -1.88. The molecule has 6 heteroatoms. The van der Waals surface area contributed by atoms with E-state index in [-0.39, 0.29) is 11.9 Å². The van der Waals surface area contributed by atoms with Gasteiger partial charge in [-0.1, -0.05) is 28.9 Å². The van der Waals surface area contributed by atoms with Gasteiger partial charge in [0.05, 0.1) is 6.61 Å². The molecule has 0 aliphatic carbocycles. The van der Waals surface area contributed by atoms with E-state index in [1.54, 1.807) is 32.0 Å². The van der Waals surface area contributed by atoms with Crippen molar-refractivity contribution < 1.29 is 14.1 Å². The Morgan fingerprint density at radius 1 is 1.53 bits per heavy atom. The van der Waals surface area contributed by atoms with Crippen LogP contribution >= 0.6 is 11.6 Å². The topological polar surface area (TPSA) is 65.2 Å². The molecule has 0 saturated heterocycles. The Balaban J connectivity index is 2.21. The van der Waals surface area contributed by atoms with Crippen LogP contribution in [0.2, 0.25) is 5.02 Å². The fourth-order valence-electron chi connectivity index (χ4n) is 1.52. The van der Waals surface area contributed by atoms with E-state index in [1.807, 2.05) is 6.07 Å². The lowest BCUT2D eigenvalue weighted by Crippen LogP contribution is -2.13. The summed E-state index contributed by atoms with van der Waals surface area (Å²) in [5, 5.41) is 4.42. The highest BCUT2D eigenvalue weighted by molar-refractivity contribution is 6.30. The zero-order chi connectivity index (χ0) is 13.8. The highest BCUT2D eigenvalue weighted by Crippen LogP contribution is 2.22. The minimum Gasteiger partial charge on any atom is -0.465 e. The van der Waals surface area contributed by atoms with Gasteiger partial charge < -0.3 is 9.26 Å². The smallest absolute Gasteiger partial charge is 0.318 e. The van der Waals surface area contributed by atoms with Crippen LogP contribution in [0, 0.1) is 0 Å². The maximum atomic E-state index is 11.6. The molecular weight excluding hydrogens is 268 g/mol. The fraction of sp³-hybridized carbons (Fsp3) is 0.308. The third-order valence-electron chi connectivity index (χ3n) is 2.54. The first-order valence-corrected chi connectivity index (χ1v) is 6.25. The molecule has 1 unspecified atom stereocenters. The van der Waals surface area contributed by atoms with Crippen molar-refractivity contribution in [1.82, 2.24) is 10.1 Å². The summed E-state index contributed by atoms with van der Waals surface area (Å²) in [5.74, 6) is -0.341. The van der Waals surface area contributed by atoms with Gasteiger partial charge in [-0.3, -0.25) is 4.79 Å². The largest absolute Gasteiger partial charge is 0.465 e. The Bertz CT molecular complexity index is 583. The normalized spacial score (nSPS) is 12.2. The number of halogens is 1. The molecule has 2 aromatic rings. The summed E-state index contributed by atoms with van der Waals surface area (Å²) in [6.07, 6.45) is 0. The van der Waals surface area contributed by atoms with Gasteiger partial charge >= 0.3 is 5.97 Å². The van der Waals surface area contributed by atoms with E-state index in [9.17, 15) is 4.79 Å². The number of rotatable bonds is 4. The van der Waals surface area contributed by atoms with Crippen molar-refractivity contribution in [2.45, 2.75) is 19.8 Å². The Morgan fingerprint density at radius 3 is 3.00 bits per heavy atom. The van der Waals surface area contributed by atoms with E-state index in [0.29, 0.717) is 17.5 Å². The zero-order valence-corrected chi connectivity index (χ0v) is 11.3. The molecule has 5 nitrogen and oxygen atoms in total. The number of carbonyl (C=O) groups is 1. The van der Waals surface area contributed by atoms with Crippen molar-refractivity contribution in [1.29, 1.82) is 0 Å². The molecule has 0 aliphatic rings. The number of aromatic nitrogens is 2. The summed E-state index contributed by atoms with van der Waals surface area (Å²) in [5.41, 5.74) is 0.735. The first-order chi connectivity index (χ1) is 9.11. The summed E-state index contributed by atoms with van der Waals surface area (Å²) in [6.45, 7) is 3.72. The number of hydrogen-bond donors (Lipinski definition) is 0. The van der Waals surface area contributed by atoms with Crippen molar-refractivity contribution in [2.75, 3.05) is 6.61 Å². The number of hydrogen-bond acceptors (Lipinski definition) is 5. The second kappa shape index (κ2) is 5.84. The molecule has 0 saturated carbocycles. The van der Waals surface area contributed by atoms with Crippen molar-refractivity contribution in [2.24, 2.45) is 0 Å². The van der Waals surface area contributed by atoms with Crippen LogP contribution in [-0.4, -0.2) is 22.7 Å². The first kappa shape index (κ1) is 13.5. The van der Waals surface area contributed by atoms with Gasteiger partial charge in [-0.15, -0.1) is 0 Å². The van der Waals surface area contributed by atoms with Crippen molar-refractivity contribution in [3.63, 3.8) is 0 Å². The van der Waals surface area contributed by atoms with Crippen LogP contribution in [0.3, 0.4) is 0 Å². The SMILES string of the molecule is CCOC(=O)C(C)c1nc(-c2cccc(Cl)c2)no1. The average Bonchev–Trinajstić information content (AvgIpc) is 2.87. The lowest BCUT2D eigenvalue weighted by Gasteiger charge is -2.04. The van der Waals surface area contributed by atoms with Gasteiger partial charge in [-0.05, 0) is 26.0 Å². The van der Waals surface area contributed by atoms with Crippen LogP contribution in [0.25, 0.3) is 11.4 Å². The lowest BCUT2D eigenvalue weighted by atomic mass is 10.2. The van der Waals surface area contributed by atoms with Crippen molar-refractivity contribution >= 4 is 17.6 Å². The van der Waals surface area contributed by atoms with Gasteiger partial charge in [0.15, 0.2) is 0 Å². The molecule has 0 amide bonds. The van der Waals surface area contributed by atoms with E-state index in [0.717, 1.165) is 5.56 Å². The van der Waals surface area contributed by atoms with Crippen LogP contribution < -0.4 is 0 Å². The van der Waals surface area contributed by atoms with Crippen LogP contribution in [0.15, 0.2) is 28.8 Å². The molecule has 0 bridgehead atoms. The minimum atomic E-state index is -0.583. The predicted octanol–water partition coefficient (Wildman–Crippen LogP) is 3.06. The molecule has 1 aromatic heterocycles. The van der Waals surface area contributed by atoms with E-state index in [4.69, 9.17) is 20.9 Å². The molecule has 1 aromatic carbocycles. The van der Waals surface area contributed by atoms with Crippen molar-refractivity contribution in [3.8, 4) is 11.4 Å². The number of benzene rings is 1. The van der Waals surface area contributed by atoms with Gasteiger partial charge in [0.2, 0.25) is 11.7 Å². The number of nitrogens with zero attached hydrogens (tertiary/aromatic N) is 2. The van der Waals surface area contributed by atoms with Crippen LogP contribution in [0.1, 0.15) is 25.7 Å². The van der Waals surface area contributed by atoms with Crippen LogP contribution in [0.4, 0.5) is 0 Å². The molecule has 1 heterocycles. The zero-order valence-electron chi connectivity index (χ0n) is 10.6. The van der Waals surface area contributed by atoms with Crippen LogP contribution in [0.5, 0.6) is 0 Å². The Labute approximate surface area is 115 Å². The Kier molecular flexibility index (Phi) is 4.16. The van der Waals surface area contributed by atoms with Crippen molar-refractivity contribution in [3.05, 3.63) is 35.2 Å². The van der Waals surface area contributed by atoms with E-state index in [1.165, 1.54) is 0 Å². The van der Waals surface area contributed by atoms with E-state index >= 15 is 0 Å². The molecule has 19 heavy (non-hydrogen) atoms. The molecule has 0 aliphatic heterocycles. The molecule has 0 radical (unpaired) electrons. The summed E-state index contributed by atoms with van der Waals surface area (Å²) in [4.78, 5) is 15.8. The van der Waals surface area contributed by atoms with E-state index < -0.39 is 5.92 Å². The molecule has 0 spiro atoms. The summed E-state index contributed by atoms with van der Waals surface area (Å²) in [6, 6.07) is 7.09. The fourth-order valence-corrected chi connectivity index (χ4v) is 1.71. The molecular formula is C13H13ClN2O3. The van der Waals surface area contributed by atoms with Gasteiger partial charge in [0.25, 0.3) is 0 Å². The quantitative estimate of drug-likeness (QED) is 0.805. The Morgan fingerprint density at radius 2 is 2.32 bits per heavy atom. The number of ether oxygens (including phenoxy) is 1. The maximum absolute atomic E-state index is 11.6. The van der Waals surface area contributed by atoms with E-state index in [2.05, 4.69) is 10.1 Å². The molecule has 2 rings (SSSR count). The van der Waals surface area contributed by atoms with Gasteiger partial charge in [0, 0.05) is 10.6 Å². The highest BCUT2D eigenvalue weighted by Gasteiger charge is 2.23. The standard InChI is InChI=1S/C13H13ClN2O3/c1-3-18-13(17)8(2)12-15-11(16-19-12)9-5-4-6-10(14)7-9/h4-8H,3H2,1-2H3. The third-order valence-corrected chi connectivity index (χ3v) is 2.77. The number of esters is 1. The number of carbonyl (C=O) groups excluding carboxylic acids is 1. The van der Waals surface area contributed by atoms with Gasteiger partial charge in [-0.25, -0.2) is 0 Å². The lowest BCUT2D eigenvalue weighted by molar-refractivity contribution is -0.145. The second-order valence-electron chi connectivity index (χ2n) is 3.94. The minimum absolute atomic E-state index is 0.230. The highest BCUT2D eigenvalue weighted by atomic mass is 35.5. The van der Waals surface area contributed by atoms with Gasteiger partial charge in [-0.2, -0.15) is 4.98 Å². The maximum Gasteiger partial charge on any atom is 0.318 e. The molecule has 0 N–H and O–H groups in total. The van der Waals surface area contributed by atoms with Crippen LogP contribution in [-0.2, 0) is 9.53 Å². The second-order valence-corrected chi connectivity index (χ2v) is 4.38. The third kappa shape index (κ3) is 3.12. The molecule has 0 fully saturated rings. The summed E-state index contributed by atoms with van der Waals surface area (Å²) >= 11 is 5.90. The molecule has 1 atom stereocenters. The van der Waals surface area contributed by atoms with Gasteiger partial charge in [0.1, 0.15) is 5.92 Å². The first-order valence-electron chi connectivity index (χ1n) is 5.88. The monoisotopic (exact) mass is 280 g/mol. The summed E-state index contributed by atoms with van der Waals surface area (Å²) in [7, 11) is 0.